The number of amidine groups is 1. The maximum Gasteiger partial charge on any atom is 0.133 e. The molecule has 1 atom stereocenters. The Labute approximate surface area is 193 Å². The maximum absolute atomic E-state index is 13.9. The summed E-state index contributed by atoms with van der Waals surface area (Å²) in [7, 11) is 0. The van der Waals surface area contributed by atoms with E-state index in [9.17, 15) is 4.39 Å². The van der Waals surface area contributed by atoms with E-state index in [2.05, 4.69) is 48.2 Å². The summed E-state index contributed by atoms with van der Waals surface area (Å²) in [6.45, 7) is 5.54. The number of hydrogen-bond acceptors (Lipinski definition) is 3. The third-order valence-corrected chi connectivity index (χ3v) is 6.38. The average molecular weight is 442 g/mol. The van der Waals surface area contributed by atoms with E-state index in [1.807, 2.05) is 18.2 Å². The van der Waals surface area contributed by atoms with Crippen molar-refractivity contribution in [2.75, 3.05) is 31.2 Å². The zero-order valence-corrected chi connectivity index (χ0v) is 18.9. The Hall–Kier alpha value is -3.31. The van der Waals surface area contributed by atoms with Gasteiger partial charge >= 0.3 is 0 Å². The van der Waals surface area contributed by atoms with Crippen LogP contribution in [0.3, 0.4) is 0 Å². The van der Waals surface area contributed by atoms with Crippen LogP contribution in [0.15, 0.2) is 76.7 Å². The van der Waals surface area contributed by atoms with Gasteiger partial charge in [0.25, 0.3) is 0 Å². The number of benzene rings is 3. The monoisotopic (exact) mass is 441 g/mol. The average Bonchev–Trinajstić information content (AvgIpc) is 3.04. The summed E-state index contributed by atoms with van der Waals surface area (Å²) in [5, 5.41) is 1.94. The number of anilines is 1. The van der Waals surface area contributed by atoms with Crippen LogP contribution in [0.25, 0.3) is 17.2 Å². The number of rotatable bonds is 4. The first kappa shape index (κ1) is 21.5. The molecular weight excluding hydrogens is 413 g/mol. The van der Waals surface area contributed by atoms with E-state index < -0.39 is 0 Å². The molecule has 0 aliphatic carbocycles. The molecule has 0 N–H and O–H groups in total. The third-order valence-electron chi connectivity index (χ3n) is 6.38. The SMILES string of the molecule is CCC1CC=c2cccc(-c3cccc(F)c3)c2=NC1=Nc1ccc(N2CCOCC2)cc1. The first-order chi connectivity index (χ1) is 16.2. The van der Waals surface area contributed by atoms with E-state index in [4.69, 9.17) is 14.7 Å². The van der Waals surface area contributed by atoms with Crippen LogP contribution in [0, 0.1) is 11.7 Å². The molecule has 1 unspecified atom stereocenters. The summed E-state index contributed by atoms with van der Waals surface area (Å²) in [4.78, 5) is 12.4. The van der Waals surface area contributed by atoms with E-state index in [-0.39, 0.29) is 11.7 Å². The molecule has 3 aromatic rings. The lowest BCUT2D eigenvalue weighted by molar-refractivity contribution is 0.122. The van der Waals surface area contributed by atoms with Crippen LogP contribution in [0.4, 0.5) is 15.8 Å². The molecule has 0 bridgehead atoms. The second-order valence-corrected chi connectivity index (χ2v) is 8.50. The Morgan fingerprint density at radius 2 is 1.82 bits per heavy atom. The normalized spacial score (nSPS) is 19.4. The molecule has 0 saturated carbocycles. The molecule has 5 rings (SSSR count). The summed E-state index contributed by atoms with van der Waals surface area (Å²) in [6, 6.07) is 21.2. The molecule has 5 heteroatoms. The largest absolute Gasteiger partial charge is 0.378 e. The number of para-hydroxylation sites is 1. The first-order valence-electron chi connectivity index (χ1n) is 11.7. The summed E-state index contributed by atoms with van der Waals surface area (Å²) < 4.78 is 19.4. The second kappa shape index (κ2) is 9.67. The minimum absolute atomic E-state index is 0.233. The summed E-state index contributed by atoms with van der Waals surface area (Å²) >= 11 is 0. The summed E-state index contributed by atoms with van der Waals surface area (Å²) in [5.74, 6) is 0.815. The highest BCUT2D eigenvalue weighted by molar-refractivity contribution is 5.89. The Morgan fingerprint density at radius 1 is 1.03 bits per heavy atom. The Balaban J connectivity index is 1.56. The van der Waals surface area contributed by atoms with Gasteiger partial charge < -0.3 is 9.64 Å². The van der Waals surface area contributed by atoms with Gasteiger partial charge in [0.2, 0.25) is 0 Å². The van der Waals surface area contributed by atoms with Crippen LogP contribution in [0.1, 0.15) is 19.8 Å². The highest BCUT2D eigenvalue weighted by atomic mass is 19.1. The van der Waals surface area contributed by atoms with Gasteiger partial charge in [0, 0.05) is 30.3 Å². The molecular formula is C28H28FN3O. The molecule has 168 valence electrons. The molecule has 0 aromatic heterocycles. The van der Waals surface area contributed by atoms with Gasteiger partial charge in [-0.05, 0) is 60.0 Å². The van der Waals surface area contributed by atoms with E-state index >= 15 is 0 Å². The van der Waals surface area contributed by atoms with E-state index in [1.54, 1.807) is 12.1 Å². The van der Waals surface area contributed by atoms with Crippen molar-refractivity contribution in [3.63, 3.8) is 0 Å². The van der Waals surface area contributed by atoms with Crippen molar-refractivity contribution in [3.8, 4) is 11.1 Å². The summed E-state index contributed by atoms with van der Waals surface area (Å²) in [5.41, 5.74) is 3.85. The molecule has 2 aliphatic rings. The maximum atomic E-state index is 13.9. The highest BCUT2D eigenvalue weighted by Gasteiger charge is 2.17. The number of aliphatic imine (C=N–C) groups is 1. The number of hydrogen-bond donors (Lipinski definition) is 0. The van der Waals surface area contributed by atoms with Gasteiger partial charge in [-0.1, -0.05) is 43.3 Å². The van der Waals surface area contributed by atoms with Crippen molar-refractivity contribution in [2.45, 2.75) is 19.8 Å². The topological polar surface area (TPSA) is 37.2 Å². The van der Waals surface area contributed by atoms with Crippen molar-refractivity contribution >= 4 is 23.3 Å². The van der Waals surface area contributed by atoms with Gasteiger partial charge in [0.1, 0.15) is 11.7 Å². The number of nitrogens with zero attached hydrogens (tertiary/aromatic N) is 3. The molecule has 0 spiro atoms. The van der Waals surface area contributed by atoms with E-state index in [0.29, 0.717) is 0 Å². The van der Waals surface area contributed by atoms with E-state index in [0.717, 1.165) is 72.4 Å². The van der Waals surface area contributed by atoms with Gasteiger partial charge in [0.05, 0.1) is 24.3 Å². The number of halogens is 1. The predicted molar refractivity (Wildman–Crippen MR) is 132 cm³/mol. The molecule has 2 heterocycles. The lowest BCUT2D eigenvalue weighted by Crippen LogP contribution is -2.36. The highest BCUT2D eigenvalue weighted by Crippen LogP contribution is 2.24. The molecule has 3 aromatic carbocycles. The number of morpholine rings is 1. The van der Waals surface area contributed by atoms with Gasteiger partial charge in [-0.3, -0.25) is 0 Å². The minimum atomic E-state index is -0.247. The van der Waals surface area contributed by atoms with Crippen LogP contribution in [-0.4, -0.2) is 32.1 Å². The predicted octanol–water partition coefficient (Wildman–Crippen LogP) is 4.89. The standard InChI is InChI=1S/C28H28FN3O/c1-2-20-9-10-21-5-4-8-26(22-6-3-7-23(29)19-22)27(21)31-28(20)30-24-11-13-25(14-12-24)32-15-17-33-18-16-32/h3-8,10-14,19-20H,2,9,15-18H2,1H3. The quantitative estimate of drug-likeness (QED) is 0.578. The Morgan fingerprint density at radius 3 is 2.58 bits per heavy atom. The zero-order valence-electron chi connectivity index (χ0n) is 18.9. The lowest BCUT2D eigenvalue weighted by atomic mass is 10.0. The number of fused-ring (bicyclic) bond motifs is 1. The molecule has 0 radical (unpaired) electrons. The fourth-order valence-electron chi connectivity index (χ4n) is 4.48. The second-order valence-electron chi connectivity index (χ2n) is 8.50. The van der Waals surface area contributed by atoms with Crippen molar-refractivity contribution in [2.24, 2.45) is 15.9 Å². The van der Waals surface area contributed by atoms with Gasteiger partial charge in [-0.15, -0.1) is 0 Å². The fraction of sp³-hybridized carbons (Fsp3) is 0.286. The summed E-state index contributed by atoms with van der Waals surface area (Å²) in [6.07, 6.45) is 4.07. The van der Waals surface area contributed by atoms with Crippen molar-refractivity contribution in [3.05, 3.63) is 83.1 Å². The van der Waals surface area contributed by atoms with Crippen LogP contribution in [0.2, 0.25) is 0 Å². The van der Waals surface area contributed by atoms with Crippen LogP contribution < -0.4 is 15.5 Å². The Bertz CT molecular complexity index is 1280. The van der Waals surface area contributed by atoms with Gasteiger partial charge in [-0.25, -0.2) is 14.4 Å². The van der Waals surface area contributed by atoms with Crippen molar-refractivity contribution < 1.29 is 9.13 Å². The van der Waals surface area contributed by atoms with Gasteiger partial charge in [-0.2, -0.15) is 0 Å². The lowest BCUT2D eigenvalue weighted by Gasteiger charge is -2.28. The van der Waals surface area contributed by atoms with Crippen LogP contribution >= 0.6 is 0 Å². The molecule has 2 aliphatic heterocycles. The molecule has 1 fully saturated rings. The van der Waals surface area contributed by atoms with Crippen LogP contribution in [-0.2, 0) is 4.74 Å². The third kappa shape index (κ3) is 4.74. The smallest absolute Gasteiger partial charge is 0.133 e. The van der Waals surface area contributed by atoms with Crippen molar-refractivity contribution in [1.82, 2.24) is 0 Å². The molecule has 33 heavy (non-hydrogen) atoms. The zero-order chi connectivity index (χ0) is 22.6. The fourth-order valence-corrected chi connectivity index (χ4v) is 4.48. The van der Waals surface area contributed by atoms with Crippen LogP contribution in [0.5, 0.6) is 0 Å². The van der Waals surface area contributed by atoms with E-state index in [1.165, 1.54) is 11.8 Å². The van der Waals surface area contributed by atoms with Gasteiger partial charge in [0.15, 0.2) is 0 Å². The molecule has 4 nitrogen and oxygen atoms in total. The van der Waals surface area contributed by atoms with Crippen molar-refractivity contribution in [1.29, 1.82) is 0 Å². The Kier molecular flexibility index (Phi) is 6.31. The number of ether oxygens (including phenoxy) is 1. The molecule has 1 saturated heterocycles. The molecule has 0 amide bonds. The minimum Gasteiger partial charge on any atom is -0.378 e. The first-order valence-corrected chi connectivity index (χ1v) is 11.7.